The number of nitrogens with one attached hydrogen (secondary N) is 1. The molecular weight excluding hydrogens is 468 g/mol. The minimum absolute atomic E-state index is 0.265. The zero-order valence-electron chi connectivity index (χ0n) is 19.0. The van der Waals surface area contributed by atoms with Gasteiger partial charge in [-0.25, -0.2) is 17.7 Å². The Morgan fingerprint density at radius 2 is 1.63 bits per heavy atom. The molecule has 0 unspecified atom stereocenters. The Balaban J connectivity index is 1.33. The second-order valence-electron chi connectivity index (χ2n) is 8.34. The maximum atomic E-state index is 11.8. The number of hydrogen-bond donors (Lipinski definition) is 2. The lowest BCUT2D eigenvalue weighted by Crippen LogP contribution is -2.48. The van der Waals surface area contributed by atoms with Gasteiger partial charge in [0.05, 0.1) is 10.6 Å². The highest BCUT2D eigenvalue weighted by Gasteiger charge is 2.20. The van der Waals surface area contributed by atoms with Crippen molar-refractivity contribution in [2.75, 3.05) is 42.7 Å². The lowest BCUT2D eigenvalue weighted by Gasteiger charge is -2.34. The Morgan fingerprint density at radius 1 is 0.943 bits per heavy atom. The lowest BCUT2D eigenvalue weighted by molar-refractivity contribution is 0.142. The number of rotatable bonds is 5. The molecule has 1 amide bonds. The van der Waals surface area contributed by atoms with Gasteiger partial charge in [-0.3, -0.25) is 0 Å². The van der Waals surface area contributed by atoms with Gasteiger partial charge in [-0.2, -0.15) is 4.98 Å². The summed E-state index contributed by atoms with van der Waals surface area (Å²) in [6, 6.07) is 20.2. The standard InChI is InChI=1S/C24H24N6O4S/c1-35(33,34)20-11-5-17(6-12-20)21-3-2-4-22-26-23(27-30(21)22)25-18-7-9-19(10-8-18)28-13-15-29(16-14-28)24(31)32/h2-12H,13-16H2,1H3,(H,25,27)(H,31,32). The van der Waals surface area contributed by atoms with Gasteiger partial charge in [0.2, 0.25) is 5.95 Å². The third-order valence-corrected chi connectivity index (χ3v) is 7.11. The molecule has 0 radical (unpaired) electrons. The summed E-state index contributed by atoms with van der Waals surface area (Å²) in [6.07, 6.45) is 0.308. The number of pyridine rings is 1. The van der Waals surface area contributed by atoms with Crippen LogP contribution in [0.5, 0.6) is 0 Å². The molecule has 2 N–H and O–H groups in total. The van der Waals surface area contributed by atoms with Crippen LogP contribution < -0.4 is 10.2 Å². The van der Waals surface area contributed by atoms with Crippen molar-refractivity contribution in [3.05, 3.63) is 66.7 Å². The van der Waals surface area contributed by atoms with E-state index in [2.05, 4.69) is 20.3 Å². The molecule has 5 rings (SSSR count). The van der Waals surface area contributed by atoms with Crippen LogP contribution in [0.4, 0.5) is 22.1 Å². The minimum Gasteiger partial charge on any atom is -0.465 e. The van der Waals surface area contributed by atoms with Gasteiger partial charge in [0.25, 0.3) is 0 Å². The molecule has 1 fully saturated rings. The van der Waals surface area contributed by atoms with Crippen LogP contribution in [0.3, 0.4) is 0 Å². The van der Waals surface area contributed by atoms with Crippen LogP contribution in [0.2, 0.25) is 0 Å². The molecule has 11 heteroatoms. The molecule has 0 aliphatic carbocycles. The Morgan fingerprint density at radius 3 is 2.26 bits per heavy atom. The van der Waals surface area contributed by atoms with Crippen LogP contribution in [0.1, 0.15) is 0 Å². The highest BCUT2D eigenvalue weighted by atomic mass is 32.2. The number of nitrogens with zero attached hydrogens (tertiary/aromatic N) is 5. The van der Waals surface area contributed by atoms with E-state index in [9.17, 15) is 13.2 Å². The molecule has 0 spiro atoms. The average Bonchev–Trinajstić information content (AvgIpc) is 3.26. The van der Waals surface area contributed by atoms with Gasteiger partial charge < -0.3 is 20.2 Å². The number of piperazine rings is 1. The van der Waals surface area contributed by atoms with E-state index in [-0.39, 0.29) is 4.90 Å². The number of sulfone groups is 1. The molecule has 180 valence electrons. The quantitative estimate of drug-likeness (QED) is 0.435. The Kier molecular flexibility index (Phi) is 5.77. The van der Waals surface area contributed by atoms with Crippen LogP contribution in [-0.4, -0.2) is 71.6 Å². The van der Waals surface area contributed by atoms with Gasteiger partial charge in [-0.05, 0) is 48.5 Å². The monoisotopic (exact) mass is 492 g/mol. The molecule has 1 aliphatic heterocycles. The fourth-order valence-corrected chi connectivity index (χ4v) is 4.72. The molecule has 0 saturated carbocycles. The summed E-state index contributed by atoms with van der Waals surface area (Å²) in [7, 11) is -3.26. The Labute approximate surface area is 202 Å². The van der Waals surface area contributed by atoms with Crippen molar-refractivity contribution in [2.24, 2.45) is 0 Å². The van der Waals surface area contributed by atoms with E-state index in [0.717, 1.165) is 22.6 Å². The van der Waals surface area contributed by atoms with E-state index >= 15 is 0 Å². The number of benzene rings is 2. The lowest BCUT2D eigenvalue weighted by atomic mass is 10.1. The highest BCUT2D eigenvalue weighted by Crippen LogP contribution is 2.25. The molecular formula is C24H24N6O4S. The molecule has 2 aromatic carbocycles. The fourth-order valence-electron chi connectivity index (χ4n) is 4.09. The largest absolute Gasteiger partial charge is 0.465 e. The van der Waals surface area contributed by atoms with E-state index in [0.29, 0.717) is 37.8 Å². The van der Waals surface area contributed by atoms with Gasteiger partial charge >= 0.3 is 6.09 Å². The van der Waals surface area contributed by atoms with Crippen molar-refractivity contribution >= 4 is 38.9 Å². The zero-order chi connectivity index (χ0) is 24.6. The highest BCUT2D eigenvalue weighted by molar-refractivity contribution is 7.90. The van der Waals surface area contributed by atoms with Gasteiger partial charge in [-0.1, -0.05) is 18.2 Å². The second kappa shape index (κ2) is 8.91. The molecule has 35 heavy (non-hydrogen) atoms. The maximum absolute atomic E-state index is 11.8. The van der Waals surface area contributed by atoms with Gasteiger partial charge in [0.15, 0.2) is 15.5 Å². The summed E-state index contributed by atoms with van der Waals surface area (Å²) < 4.78 is 25.2. The minimum atomic E-state index is -3.26. The number of carboxylic acid groups (broad SMARTS) is 1. The first-order valence-corrected chi connectivity index (χ1v) is 12.9. The first-order chi connectivity index (χ1) is 16.8. The number of hydrogen-bond acceptors (Lipinski definition) is 7. The van der Waals surface area contributed by atoms with Crippen molar-refractivity contribution in [3.63, 3.8) is 0 Å². The van der Waals surface area contributed by atoms with E-state index in [1.54, 1.807) is 28.8 Å². The molecule has 4 aromatic rings. The number of carbonyl (C=O) groups is 1. The third-order valence-electron chi connectivity index (χ3n) is 5.98. The topological polar surface area (TPSA) is 120 Å². The average molecular weight is 493 g/mol. The summed E-state index contributed by atoms with van der Waals surface area (Å²) >= 11 is 0. The number of fused-ring (bicyclic) bond motifs is 1. The summed E-state index contributed by atoms with van der Waals surface area (Å²) in [4.78, 5) is 19.5. The van der Waals surface area contributed by atoms with E-state index in [1.807, 2.05) is 42.5 Å². The van der Waals surface area contributed by atoms with Crippen molar-refractivity contribution in [2.45, 2.75) is 4.90 Å². The van der Waals surface area contributed by atoms with Crippen molar-refractivity contribution < 1.29 is 18.3 Å². The van der Waals surface area contributed by atoms with Gasteiger partial charge in [0, 0.05) is 49.4 Å². The molecule has 1 saturated heterocycles. The molecule has 2 aromatic heterocycles. The van der Waals surface area contributed by atoms with Crippen molar-refractivity contribution in [3.8, 4) is 11.3 Å². The van der Waals surface area contributed by atoms with E-state index in [4.69, 9.17) is 5.11 Å². The normalized spacial score (nSPS) is 14.3. The van der Waals surface area contributed by atoms with Gasteiger partial charge in [0.1, 0.15) is 0 Å². The second-order valence-corrected chi connectivity index (χ2v) is 10.4. The summed E-state index contributed by atoms with van der Waals surface area (Å²) in [5.74, 6) is 0.438. The van der Waals surface area contributed by atoms with Crippen LogP contribution in [0, 0.1) is 0 Å². The Hall–Kier alpha value is -4.12. The molecule has 10 nitrogen and oxygen atoms in total. The van der Waals surface area contributed by atoms with Crippen molar-refractivity contribution in [1.82, 2.24) is 19.5 Å². The summed E-state index contributed by atoms with van der Waals surface area (Å²) in [6.45, 7) is 2.28. The molecule has 1 aliphatic rings. The first-order valence-electron chi connectivity index (χ1n) is 11.0. The number of amides is 1. The number of anilines is 3. The predicted octanol–water partition coefficient (Wildman–Crippen LogP) is 3.34. The predicted molar refractivity (Wildman–Crippen MR) is 133 cm³/mol. The van der Waals surface area contributed by atoms with Gasteiger partial charge in [-0.15, -0.1) is 5.10 Å². The smallest absolute Gasteiger partial charge is 0.407 e. The van der Waals surface area contributed by atoms with Crippen LogP contribution >= 0.6 is 0 Å². The SMILES string of the molecule is CS(=O)(=O)c1ccc(-c2cccc3nc(Nc4ccc(N5CCN(C(=O)O)CC5)cc4)nn23)cc1. The summed E-state index contributed by atoms with van der Waals surface area (Å²) in [5, 5.41) is 16.9. The molecule has 0 bridgehead atoms. The molecule has 0 atom stereocenters. The first kappa shape index (κ1) is 22.7. The molecule has 3 heterocycles. The van der Waals surface area contributed by atoms with E-state index in [1.165, 1.54) is 11.2 Å². The number of aromatic nitrogens is 3. The Bertz CT molecular complexity index is 1470. The van der Waals surface area contributed by atoms with Crippen LogP contribution in [0.15, 0.2) is 71.6 Å². The van der Waals surface area contributed by atoms with E-state index < -0.39 is 15.9 Å². The van der Waals surface area contributed by atoms with Crippen molar-refractivity contribution in [1.29, 1.82) is 0 Å². The third kappa shape index (κ3) is 4.76. The maximum Gasteiger partial charge on any atom is 0.407 e. The fraction of sp³-hybridized carbons (Fsp3) is 0.208. The summed E-state index contributed by atoms with van der Waals surface area (Å²) in [5.41, 5.74) is 4.13. The van der Waals surface area contributed by atoms with Crippen LogP contribution in [0.25, 0.3) is 16.9 Å². The van der Waals surface area contributed by atoms with Crippen LogP contribution in [-0.2, 0) is 9.84 Å². The zero-order valence-corrected chi connectivity index (χ0v) is 19.8.